The fourth-order valence-electron chi connectivity index (χ4n) is 2.19. The lowest BCUT2D eigenvalue weighted by atomic mass is 10.3. The van der Waals surface area contributed by atoms with Gasteiger partial charge in [-0.3, -0.25) is 4.99 Å². The Hall–Kier alpha value is -0.980. The van der Waals surface area contributed by atoms with Crippen LogP contribution in [0.2, 0.25) is 0 Å². The van der Waals surface area contributed by atoms with Crippen molar-refractivity contribution >= 4 is 35.6 Å². The Labute approximate surface area is 126 Å². The molecular weight excluding hydrogens is 339 g/mol. The molecule has 2 N–H and O–H groups in total. The molecule has 1 aromatic rings. The summed E-state index contributed by atoms with van der Waals surface area (Å²) in [7, 11) is 3.68. The summed E-state index contributed by atoms with van der Waals surface area (Å²) in [5, 5.41) is 6.47. The summed E-state index contributed by atoms with van der Waals surface area (Å²) in [6, 6.07) is 11.0. The largest absolute Gasteiger partial charge is 0.369 e. The van der Waals surface area contributed by atoms with Crippen LogP contribution in [0.25, 0.3) is 0 Å². The molecule has 1 aliphatic heterocycles. The van der Waals surface area contributed by atoms with E-state index in [1.54, 1.807) is 7.05 Å². The lowest BCUT2D eigenvalue weighted by Crippen LogP contribution is -2.43. The number of hydrogen-bond acceptors (Lipinski definition) is 2. The average Bonchev–Trinajstić information content (AvgIpc) is 2.85. The highest BCUT2D eigenvalue weighted by Crippen LogP contribution is 2.19. The number of benzene rings is 1. The summed E-state index contributed by atoms with van der Waals surface area (Å²) >= 11 is 0. The van der Waals surface area contributed by atoms with E-state index in [2.05, 4.69) is 50.9 Å². The van der Waals surface area contributed by atoms with Gasteiger partial charge in [-0.15, -0.1) is 24.0 Å². The van der Waals surface area contributed by atoms with E-state index in [4.69, 9.17) is 0 Å². The highest BCUT2D eigenvalue weighted by molar-refractivity contribution is 14.0. The zero-order chi connectivity index (χ0) is 12.1. The van der Waals surface area contributed by atoms with Crippen molar-refractivity contribution in [2.45, 2.75) is 12.5 Å². The van der Waals surface area contributed by atoms with Gasteiger partial charge in [0.25, 0.3) is 0 Å². The third kappa shape index (κ3) is 3.76. The first-order chi connectivity index (χ1) is 8.33. The number of rotatable bonds is 2. The van der Waals surface area contributed by atoms with Gasteiger partial charge in [0.15, 0.2) is 5.96 Å². The van der Waals surface area contributed by atoms with Crippen LogP contribution in [0.5, 0.6) is 0 Å². The minimum atomic E-state index is 0. The molecule has 4 nitrogen and oxygen atoms in total. The molecule has 1 heterocycles. The Morgan fingerprint density at radius 2 is 2.06 bits per heavy atom. The number of nitrogens with one attached hydrogen (secondary N) is 2. The molecule has 18 heavy (non-hydrogen) atoms. The minimum absolute atomic E-state index is 0. The van der Waals surface area contributed by atoms with Gasteiger partial charge in [0.05, 0.1) is 0 Å². The lowest BCUT2D eigenvalue weighted by Gasteiger charge is -2.19. The Morgan fingerprint density at radius 1 is 1.33 bits per heavy atom. The molecule has 1 unspecified atom stereocenters. The van der Waals surface area contributed by atoms with Crippen LogP contribution in [0.1, 0.15) is 6.42 Å². The van der Waals surface area contributed by atoms with Crippen LogP contribution in [-0.2, 0) is 0 Å². The van der Waals surface area contributed by atoms with Crippen molar-refractivity contribution < 1.29 is 0 Å². The molecule has 1 atom stereocenters. The minimum Gasteiger partial charge on any atom is -0.369 e. The summed E-state index contributed by atoms with van der Waals surface area (Å²) in [5.74, 6) is 0.866. The van der Waals surface area contributed by atoms with Crippen molar-refractivity contribution in [1.29, 1.82) is 0 Å². The molecule has 0 aliphatic carbocycles. The van der Waals surface area contributed by atoms with E-state index in [-0.39, 0.29) is 24.0 Å². The van der Waals surface area contributed by atoms with Gasteiger partial charge < -0.3 is 15.5 Å². The van der Waals surface area contributed by atoms with E-state index in [1.807, 2.05) is 7.05 Å². The van der Waals surface area contributed by atoms with Gasteiger partial charge in [-0.25, -0.2) is 0 Å². The fourth-order valence-corrected chi connectivity index (χ4v) is 2.19. The molecule has 0 bridgehead atoms. The van der Waals surface area contributed by atoms with Gasteiger partial charge in [-0.05, 0) is 18.6 Å². The predicted octanol–water partition coefficient (Wildman–Crippen LogP) is 1.68. The molecule has 1 fully saturated rings. The van der Waals surface area contributed by atoms with E-state index in [1.165, 1.54) is 5.69 Å². The molecule has 5 heteroatoms. The maximum Gasteiger partial charge on any atom is 0.190 e. The summed E-state index contributed by atoms with van der Waals surface area (Å²) in [6.45, 7) is 2.13. The van der Waals surface area contributed by atoms with Crippen molar-refractivity contribution in [3.8, 4) is 0 Å². The van der Waals surface area contributed by atoms with Crippen LogP contribution >= 0.6 is 24.0 Å². The number of anilines is 1. The second-order valence-electron chi connectivity index (χ2n) is 4.23. The first-order valence-electron chi connectivity index (χ1n) is 6.04. The summed E-state index contributed by atoms with van der Waals surface area (Å²) < 4.78 is 0. The topological polar surface area (TPSA) is 39.7 Å². The van der Waals surface area contributed by atoms with E-state index in [0.717, 1.165) is 25.5 Å². The third-order valence-corrected chi connectivity index (χ3v) is 3.11. The summed E-state index contributed by atoms with van der Waals surface area (Å²) in [4.78, 5) is 6.55. The number of para-hydroxylation sites is 1. The van der Waals surface area contributed by atoms with Gasteiger partial charge in [-0.1, -0.05) is 18.2 Å². The fraction of sp³-hybridized carbons (Fsp3) is 0.462. The first-order valence-corrected chi connectivity index (χ1v) is 6.04. The number of nitrogens with zero attached hydrogens (tertiary/aromatic N) is 2. The molecule has 1 aromatic carbocycles. The number of halogens is 1. The van der Waals surface area contributed by atoms with Crippen LogP contribution in [0.3, 0.4) is 0 Å². The van der Waals surface area contributed by atoms with Crippen molar-refractivity contribution in [2.24, 2.45) is 4.99 Å². The second kappa shape index (κ2) is 7.45. The molecular formula is C13H21IN4. The van der Waals surface area contributed by atoms with Crippen molar-refractivity contribution in [3.05, 3.63) is 30.3 Å². The monoisotopic (exact) mass is 360 g/mol. The smallest absolute Gasteiger partial charge is 0.190 e. The molecule has 2 rings (SSSR count). The normalized spacial score (nSPS) is 19.3. The SMILES string of the molecule is CN=C(NC)NC1CCN(c2ccccc2)C1.I. The first kappa shape index (κ1) is 15.1. The Bertz CT molecular complexity index is 380. The van der Waals surface area contributed by atoms with Crippen molar-refractivity contribution in [1.82, 2.24) is 10.6 Å². The number of guanidine groups is 1. The zero-order valence-corrected chi connectivity index (χ0v) is 13.2. The average molecular weight is 360 g/mol. The lowest BCUT2D eigenvalue weighted by molar-refractivity contribution is 0.657. The summed E-state index contributed by atoms with van der Waals surface area (Å²) in [6.07, 6.45) is 1.15. The van der Waals surface area contributed by atoms with Crippen LogP contribution in [0, 0.1) is 0 Å². The Balaban J connectivity index is 0.00000162. The number of hydrogen-bond donors (Lipinski definition) is 2. The maximum absolute atomic E-state index is 4.14. The van der Waals surface area contributed by atoms with E-state index in [0.29, 0.717) is 6.04 Å². The predicted molar refractivity (Wildman–Crippen MR) is 88.0 cm³/mol. The highest BCUT2D eigenvalue weighted by atomic mass is 127. The van der Waals surface area contributed by atoms with Crippen LogP contribution < -0.4 is 15.5 Å². The Kier molecular flexibility index (Phi) is 6.24. The molecule has 1 saturated heterocycles. The van der Waals surface area contributed by atoms with E-state index < -0.39 is 0 Å². The molecule has 0 radical (unpaired) electrons. The van der Waals surface area contributed by atoms with E-state index >= 15 is 0 Å². The van der Waals surface area contributed by atoms with Crippen LogP contribution in [0.15, 0.2) is 35.3 Å². The molecule has 0 saturated carbocycles. The zero-order valence-electron chi connectivity index (χ0n) is 10.9. The van der Waals surface area contributed by atoms with Crippen molar-refractivity contribution in [3.63, 3.8) is 0 Å². The molecule has 100 valence electrons. The standard InChI is InChI=1S/C13H20N4.HI/c1-14-13(15-2)16-11-8-9-17(10-11)12-6-4-3-5-7-12;/h3-7,11H,8-10H2,1-2H3,(H2,14,15,16);1H. The van der Waals surface area contributed by atoms with Crippen molar-refractivity contribution in [2.75, 3.05) is 32.1 Å². The van der Waals surface area contributed by atoms with Crippen LogP contribution in [0.4, 0.5) is 5.69 Å². The highest BCUT2D eigenvalue weighted by Gasteiger charge is 2.22. The Morgan fingerprint density at radius 3 is 2.67 bits per heavy atom. The van der Waals surface area contributed by atoms with Gasteiger partial charge in [0.2, 0.25) is 0 Å². The maximum atomic E-state index is 4.14. The second-order valence-corrected chi connectivity index (χ2v) is 4.23. The van der Waals surface area contributed by atoms with E-state index in [9.17, 15) is 0 Å². The third-order valence-electron chi connectivity index (χ3n) is 3.11. The van der Waals surface area contributed by atoms with Gasteiger partial charge in [0, 0.05) is 38.9 Å². The molecule has 0 spiro atoms. The van der Waals surface area contributed by atoms with Gasteiger partial charge >= 0.3 is 0 Å². The molecule has 1 aliphatic rings. The quantitative estimate of drug-likeness (QED) is 0.479. The van der Waals surface area contributed by atoms with Gasteiger partial charge in [0.1, 0.15) is 0 Å². The number of aliphatic imine (C=N–C) groups is 1. The molecule has 0 aromatic heterocycles. The summed E-state index contributed by atoms with van der Waals surface area (Å²) in [5.41, 5.74) is 1.30. The molecule has 0 amide bonds. The van der Waals surface area contributed by atoms with Crippen LogP contribution in [-0.4, -0.2) is 39.2 Å². The van der Waals surface area contributed by atoms with Gasteiger partial charge in [-0.2, -0.15) is 0 Å².